The van der Waals surface area contributed by atoms with Crippen LogP contribution in [-0.4, -0.2) is 39.1 Å². The van der Waals surface area contributed by atoms with Gasteiger partial charge in [-0.15, -0.1) is 0 Å². The molecule has 29 heavy (non-hydrogen) atoms. The minimum absolute atomic E-state index is 0.226. The van der Waals surface area contributed by atoms with Crippen LogP contribution in [0.4, 0.5) is 0 Å². The first-order valence-electron chi connectivity index (χ1n) is 9.15. The van der Waals surface area contributed by atoms with Crippen LogP contribution in [0.1, 0.15) is 18.1 Å². The number of carbonyl (C=O) groups excluding carboxylic acids is 2. The van der Waals surface area contributed by atoms with Crippen molar-refractivity contribution in [1.82, 2.24) is 5.32 Å². The summed E-state index contributed by atoms with van der Waals surface area (Å²) in [6, 6.07) is 8.34. The molecule has 0 fully saturated rings. The van der Waals surface area contributed by atoms with Gasteiger partial charge < -0.3 is 19.5 Å². The fourth-order valence-corrected chi connectivity index (χ4v) is 3.59. The highest BCUT2D eigenvalue weighted by atomic mass is 16.5. The summed E-state index contributed by atoms with van der Waals surface area (Å²) in [5, 5.41) is 2.77. The molecular formula is C22H23NO6. The number of methoxy groups -OCH3 is 3. The predicted molar refractivity (Wildman–Crippen MR) is 108 cm³/mol. The van der Waals surface area contributed by atoms with E-state index in [1.54, 1.807) is 20.3 Å². The monoisotopic (exact) mass is 397 g/mol. The smallest absolute Gasteiger partial charge is 0.287 e. The lowest BCUT2D eigenvalue weighted by molar-refractivity contribution is -0.137. The second-order valence-corrected chi connectivity index (χ2v) is 6.85. The Hall–Kier alpha value is -3.35. The number of hydrogen-bond donors (Lipinski definition) is 1. The molecule has 2 aromatic carbocycles. The molecule has 0 saturated heterocycles. The highest BCUT2D eigenvalue weighted by Gasteiger charge is 2.25. The number of hydrogen-bond acceptors (Lipinski definition) is 6. The molecule has 1 unspecified atom stereocenters. The zero-order valence-corrected chi connectivity index (χ0v) is 16.8. The number of fused-ring (bicyclic) bond motifs is 3. The topological polar surface area (TPSA) is 90.9 Å². The number of Topliss-reactive ketones (excluding diaryl/α,β-unsaturated/α-hetero) is 1. The van der Waals surface area contributed by atoms with Crippen molar-refractivity contribution in [3.63, 3.8) is 0 Å². The van der Waals surface area contributed by atoms with Crippen molar-refractivity contribution >= 4 is 11.7 Å². The SMILES string of the molecule is COc1cc2c(cc1OC)-c1ccc(OC)c(=O)cc1CC(NC(=O)C(C)=O)C2. The van der Waals surface area contributed by atoms with E-state index >= 15 is 0 Å². The van der Waals surface area contributed by atoms with Crippen LogP contribution >= 0.6 is 0 Å². The second kappa shape index (κ2) is 8.34. The number of amides is 1. The molecule has 1 atom stereocenters. The van der Waals surface area contributed by atoms with Crippen LogP contribution in [0.3, 0.4) is 0 Å². The molecular weight excluding hydrogens is 374 g/mol. The quantitative estimate of drug-likeness (QED) is 0.775. The third-order valence-electron chi connectivity index (χ3n) is 5.00. The molecule has 0 aliphatic heterocycles. The summed E-state index contributed by atoms with van der Waals surface area (Å²) in [4.78, 5) is 36.0. The number of ketones is 1. The van der Waals surface area contributed by atoms with Crippen molar-refractivity contribution in [3.05, 3.63) is 51.7 Å². The van der Waals surface area contributed by atoms with Gasteiger partial charge in [-0.3, -0.25) is 14.4 Å². The van der Waals surface area contributed by atoms with E-state index in [0.717, 1.165) is 22.3 Å². The molecule has 0 aromatic heterocycles. The summed E-state index contributed by atoms with van der Waals surface area (Å²) in [7, 11) is 4.56. The van der Waals surface area contributed by atoms with Crippen molar-refractivity contribution in [3.8, 4) is 28.4 Å². The number of nitrogens with one attached hydrogen (secondary N) is 1. The number of carbonyl (C=O) groups is 2. The molecule has 3 rings (SSSR count). The summed E-state index contributed by atoms with van der Waals surface area (Å²) in [5.41, 5.74) is 3.11. The van der Waals surface area contributed by atoms with Crippen molar-refractivity contribution < 1.29 is 23.8 Å². The molecule has 0 bridgehead atoms. The van der Waals surface area contributed by atoms with Gasteiger partial charge in [0.25, 0.3) is 5.91 Å². The molecule has 0 saturated carbocycles. The zero-order valence-electron chi connectivity index (χ0n) is 16.8. The Balaban J connectivity index is 2.24. The first-order valence-corrected chi connectivity index (χ1v) is 9.15. The van der Waals surface area contributed by atoms with Gasteiger partial charge in [0.1, 0.15) is 0 Å². The third-order valence-corrected chi connectivity index (χ3v) is 5.00. The molecule has 0 heterocycles. The maximum Gasteiger partial charge on any atom is 0.287 e. The van der Waals surface area contributed by atoms with Gasteiger partial charge in [0.2, 0.25) is 11.2 Å². The highest BCUT2D eigenvalue weighted by Crippen LogP contribution is 2.39. The van der Waals surface area contributed by atoms with E-state index in [0.29, 0.717) is 24.3 Å². The van der Waals surface area contributed by atoms with Crippen molar-refractivity contribution in [2.75, 3.05) is 21.3 Å². The highest BCUT2D eigenvalue weighted by molar-refractivity contribution is 6.35. The summed E-state index contributed by atoms with van der Waals surface area (Å²) in [6.07, 6.45) is 0.860. The lowest BCUT2D eigenvalue weighted by Gasteiger charge is -2.17. The minimum atomic E-state index is -0.652. The zero-order chi connectivity index (χ0) is 21.1. The van der Waals surface area contributed by atoms with Crippen LogP contribution in [0.25, 0.3) is 11.1 Å². The van der Waals surface area contributed by atoms with Crippen LogP contribution in [0.5, 0.6) is 17.2 Å². The molecule has 2 aromatic rings. The second-order valence-electron chi connectivity index (χ2n) is 6.85. The standard InChI is InChI=1S/C22H23NO6/c1-12(24)22(26)23-15-7-13-9-18(25)19(27-2)6-5-16(13)17-11-21(29-4)20(28-3)10-14(17)8-15/h5-6,9-11,15H,7-8H2,1-4H3,(H,23,26). The van der Waals surface area contributed by atoms with Crippen LogP contribution < -0.4 is 25.0 Å². The Morgan fingerprint density at radius 3 is 2.03 bits per heavy atom. The van der Waals surface area contributed by atoms with E-state index in [9.17, 15) is 14.4 Å². The van der Waals surface area contributed by atoms with Gasteiger partial charge in [0.05, 0.1) is 21.3 Å². The molecule has 0 spiro atoms. The van der Waals surface area contributed by atoms with Gasteiger partial charge >= 0.3 is 0 Å². The number of benzene rings is 1. The fraction of sp³-hybridized carbons (Fsp3) is 0.318. The Morgan fingerprint density at radius 1 is 0.862 bits per heavy atom. The Bertz CT molecular complexity index is 1030. The van der Waals surface area contributed by atoms with E-state index in [-0.39, 0.29) is 17.2 Å². The summed E-state index contributed by atoms with van der Waals surface area (Å²) in [5.74, 6) is 0.134. The van der Waals surface area contributed by atoms with E-state index in [2.05, 4.69) is 5.32 Å². The van der Waals surface area contributed by atoms with Gasteiger partial charge in [-0.2, -0.15) is 0 Å². The molecule has 1 N–H and O–H groups in total. The molecule has 1 aliphatic rings. The number of ether oxygens (including phenoxy) is 3. The Morgan fingerprint density at radius 2 is 1.45 bits per heavy atom. The van der Waals surface area contributed by atoms with Crippen LogP contribution in [0, 0.1) is 0 Å². The Kier molecular flexibility index (Phi) is 5.87. The van der Waals surface area contributed by atoms with Gasteiger partial charge in [0, 0.05) is 13.0 Å². The average molecular weight is 397 g/mol. The number of rotatable bonds is 5. The third kappa shape index (κ3) is 4.08. The molecule has 1 amide bonds. The first kappa shape index (κ1) is 20.4. The molecule has 7 heteroatoms. The predicted octanol–water partition coefficient (Wildman–Crippen LogP) is 1.91. The molecule has 0 radical (unpaired) electrons. The lowest BCUT2D eigenvalue weighted by atomic mass is 9.97. The summed E-state index contributed by atoms with van der Waals surface area (Å²) >= 11 is 0. The van der Waals surface area contributed by atoms with E-state index in [1.165, 1.54) is 20.1 Å². The van der Waals surface area contributed by atoms with Crippen molar-refractivity contribution in [2.45, 2.75) is 25.8 Å². The Labute approximate surface area is 168 Å². The lowest BCUT2D eigenvalue weighted by Crippen LogP contribution is -2.40. The normalized spacial score (nSPS) is 14.7. The van der Waals surface area contributed by atoms with E-state index < -0.39 is 11.7 Å². The van der Waals surface area contributed by atoms with Crippen molar-refractivity contribution in [2.24, 2.45) is 0 Å². The molecule has 7 nitrogen and oxygen atoms in total. The average Bonchev–Trinajstić information content (AvgIpc) is 2.93. The van der Waals surface area contributed by atoms with E-state index in [4.69, 9.17) is 14.2 Å². The van der Waals surface area contributed by atoms with Crippen molar-refractivity contribution in [1.29, 1.82) is 0 Å². The molecule has 1 aliphatic carbocycles. The largest absolute Gasteiger partial charge is 0.493 e. The minimum Gasteiger partial charge on any atom is -0.493 e. The van der Waals surface area contributed by atoms with E-state index in [1.807, 2.05) is 18.2 Å². The fourth-order valence-electron chi connectivity index (χ4n) is 3.59. The van der Waals surface area contributed by atoms with Crippen LogP contribution in [0.15, 0.2) is 35.1 Å². The molecule has 152 valence electrons. The maximum absolute atomic E-state index is 12.5. The van der Waals surface area contributed by atoms with Gasteiger partial charge in [-0.1, -0.05) is 6.07 Å². The first-order chi connectivity index (χ1) is 13.9. The van der Waals surface area contributed by atoms with Gasteiger partial charge in [-0.05, 0) is 59.4 Å². The van der Waals surface area contributed by atoms with Crippen LogP contribution in [-0.2, 0) is 22.4 Å². The van der Waals surface area contributed by atoms with Crippen LogP contribution in [0.2, 0.25) is 0 Å². The summed E-state index contributed by atoms with van der Waals surface area (Å²) < 4.78 is 16.0. The maximum atomic E-state index is 12.5. The van der Waals surface area contributed by atoms with Gasteiger partial charge in [0.15, 0.2) is 17.2 Å². The summed E-state index contributed by atoms with van der Waals surface area (Å²) in [6.45, 7) is 1.22. The van der Waals surface area contributed by atoms with Gasteiger partial charge in [-0.25, -0.2) is 0 Å².